The van der Waals surface area contributed by atoms with Gasteiger partial charge in [-0.2, -0.15) is 5.06 Å². The van der Waals surface area contributed by atoms with Crippen LogP contribution in [0.2, 0.25) is 0 Å². The average molecular weight is 211 g/mol. The molecule has 0 spiro atoms. The van der Waals surface area contributed by atoms with Gasteiger partial charge in [0.25, 0.3) is 0 Å². The summed E-state index contributed by atoms with van der Waals surface area (Å²) in [5.74, 6) is 0.830. The van der Waals surface area contributed by atoms with Gasteiger partial charge in [-0.3, -0.25) is 0 Å². The molecule has 66 valence electrons. The Morgan fingerprint density at radius 2 is 1.91 bits per heavy atom. The Bertz CT molecular complexity index is 176. The lowest BCUT2D eigenvalue weighted by Crippen LogP contribution is -2.32. The molecule has 0 unspecified atom stereocenters. The van der Waals surface area contributed by atoms with E-state index in [0.717, 1.165) is 19.0 Å². The zero-order chi connectivity index (χ0) is 8.27. The van der Waals surface area contributed by atoms with Crippen molar-refractivity contribution >= 4 is 30.7 Å². The van der Waals surface area contributed by atoms with E-state index in [1.165, 1.54) is 12.8 Å². The van der Waals surface area contributed by atoms with Crippen LogP contribution in [0.3, 0.4) is 0 Å². The Morgan fingerprint density at radius 1 is 1.36 bits per heavy atom. The Morgan fingerprint density at radius 3 is 2.36 bits per heavy atom. The number of rotatable bonds is 2. The summed E-state index contributed by atoms with van der Waals surface area (Å²) in [7, 11) is -1.04. The SMILES string of the molecule is CC1CCN(O[SH](=S)=S)CC1. The zero-order valence-electron chi connectivity index (χ0n) is 6.52. The van der Waals surface area contributed by atoms with Gasteiger partial charge in [0.1, 0.15) is 0 Å². The molecule has 0 aromatic heterocycles. The maximum Gasteiger partial charge on any atom is 0.0278 e. The second-order valence-electron chi connectivity index (χ2n) is 2.92. The van der Waals surface area contributed by atoms with Crippen LogP contribution in [0.1, 0.15) is 19.8 Å². The highest BCUT2D eigenvalue weighted by atomic mass is 33.1. The van der Waals surface area contributed by atoms with Crippen LogP contribution in [0, 0.1) is 5.92 Å². The third kappa shape index (κ3) is 3.75. The maximum absolute atomic E-state index is 5.27. The number of piperidine rings is 1. The van der Waals surface area contributed by atoms with E-state index in [0.29, 0.717) is 0 Å². The molecule has 1 aliphatic rings. The molecule has 0 amide bonds. The summed E-state index contributed by atoms with van der Waals surface area (Å²) in [5, 5.41) is 1.92. The van der Waals surface area contributed by atoms with Gasteiger partial charge in [0.15, 0.2) is 0 Å². The lowest BCUT2D eigenvalue weighted by molar-refractivity contribution is -0.0611. The quantitative estimate of drug-likeness (QED) is 0.679. The van der Waals surface area contributed by atoms with Crippen LogP contribution in [0.5, 0.6) is 0 Å². The monoisotopic (exact) mass is 211 g/mol. The molecule has 2 nitrogen and oxygen atoms in total. The standard InChI is InChI=1S/C6H13NOS3/c1-6-2-4-7(5-3-6)8-11(9)10/h6,11H,2-5H2,1H3. The Kier molecular flexibility index (Phi) is 4.16. The molecule has 0 aromatic rings. The molecule has 11 heavy (non-hydrogen) atoms. The predicted octanol–water partition coefficient (Wildman–Crippen LogP) is 0.839. The Balaban J connectivity index is 2.28. The molecule has 5 heteroatoms. The molecule has 0 atom stereocenters. The van der Waals surface area contributed by atoms with Gasteiger partial charge in [-0.15, -0.1) is 0 Å². The average Bonchev–Trinajstić information content (AvgIpc) is 1.93. The lowest BCUT2D eigenvalue weighted by Gasteiger charge is -2.27. The first-order chi connectivity index (χ1) is 5.18. The summed E-state index contributed by atoms with van der Waals surface area (Å²) in [6.45, 7) is 4.25. The van der Waals surface area contributed by atoms with Gasteiger partial charge in [-0.1, -0.05) is 6.92 Å². The molecule has 0 bridgehead atoms. The molecule has 0 radical (unpaired) electrons. The number of hydrogen-bond donors (Lipinski definition) is 1. The van der Waals surface area contributed by atoms with Gasteiger partial charge in [0, 0.05) is 21.4 Å². The van der Waals surface area contributed by atoms with Crippen LogP contribution >= 0.6 is 0 Å². The maximum atomic E-state index is 5.27. The first kappa shape index (κ1) is 9.80. The van der Waals surface area contributed by atoms with Gasteiger partial charge in [0.2, 0.25) is 0 Å². The van der Waals surface area contributed by atoms with Gasteiger partial charge in [0.05, 0.1) is 0 Å². The third-order valence-corrected chi connectivity index (χ3v) is 2.69. The van der Waals surface area contributed by atoms with Crippen molar-refractivity contribution in [3.05, 3.63) is 0 Å². The summed E-state index contributed by atoms with van der Waals surface area (Å²) < 4.78 is 5.27. The topological polar surface area (TPSA) is 12.5 Å². The summed E-state index contributed by atoms with van der Waals surface area (Å²) >= 11 is 9.61. The van der Waals surface area contributed by atoms with Crippen LogP contribution in [0.25, 0.3) is 0 Å². The smallest absolute Gasteiger partial charge is 0.0278 e. The van der Waals surface area contributed by atoms with E-state index >= 15 is 0 Å². The number of hydrogen-bond acceptors (Lipinski definition) is 4. The molecule has 0 saturated carbocycles. The van der Waals surface area contributed by atoms with Crippen molar-refractivity contribution in [1.82, 2.24) is 5.06 Å². The number of thiol groups is 1. The molecule has 1 rings (SSSR count). The van der Waals surface area contributed by atoms with Crippen molar-refractivity contribution in [3.8, 4) is 0 Å². The van der Waals surface area contributed by atoms with E-state index < -0.39 is 8.29 Å². The minimum Gasteiger partial charge on any atom is -0.226 e. The molecule has 1 fully saturated rings. The molecular weight excluding hydrogens is 198 g/mol. The summed E-state index contributed by atoms with van der Waals surface area (Å²) in [5.41, 5.74) is 0. The largest absolute Gasteiger partial charge is 0.226 e. The van der Waals surface area contributed by atoms with Crippen molar-refractivity contribution in [1.29, 1.82) is 0 Å². The zero-order valence-corrected chi connectivity index (χ0v) is 9.05. The molecular formula is C6H13NOS3. The van der Waals surface area contributed by atoms with E-state index in [4.69, 9.17) is 26.7 Å². The van der Waals surface area contributed by atoms with Gasteiger partial charge < -0.3 is 0 Å². The Labute approximate surface area is 78.9 Å². The first-order valence-corrected chi connectivity index (χ1v) is 7.04. The molecule has 1 aliphatic heterocycles. The highest BCUT2D eigenvalue weighted by Gasteiger charge is 2.15. The van der Waals surface area contributed by atoms with E-state index in [1.54, 1.807) is 0 Å². The fourth-order valence-electron chi connectivity index (χ4n) is 1.16. The van der Waals surface area contributed by atoms with Crippen LogP contribution in [-0.2, 0) is 35.0 Å². The van der Waals surface area contributed by atoms with Crippen molar-refractivity contribution in [2.75, 3.05) is 13.1 Å². The van der Waals surface area contributed by atoms with Gasteiger partial charge in [-0.25, -0.2) is 4.28 Å². The van der Waals surface area contributed by atoms with Crippen molar-refractivity contribution < 1.29 is 4.28 Å². The highest BCUT2D eigenvalue weighted by molar-refractivity contribution is 8.44. The lowest BCUT2D eigenvalue weighted by atomic mass is 10.0. The molecule has 0 aromatic carbocycles. The normalized spacial score (nSPS) is 22.7. The first-order valence-electron chi connectivity index (χ1n) is 3.76. The fraction of sp³-hybridized carbons (Fsp3) is 1.00. The molecule has 1 saturated heterocycles. The van der Waals surface area contributed by atoms with Crippen molar-refractivity contribution in [2.24, 2.45) is 5.92 Å². The van der Waals surface area contributed by atoms with Gasteiger partial charge in [-0.05, 0) is 41.1 Å². The Hall–Kier alpha value is 0.710. The summed E-state index contributed by atoms with van der Waals surface area (Å²) in [6, 6.07) is 0. The number of hydroxylamine groups is 2. The molecule has 0 aliphatic carbocycles. The minimum atomic E-state index is -1.04. The van der Waals surface area contributed by atoms with E-state index in [-0.39, 0.29) is 0 Å². The van der Waals surface area contributed by atoms with E-state index in [1.807, 2.05) is 5.06 Å². The summed E-state index contributed by atoms with van der Waals surface area (Å²) in [4.78, 5) is 0. The van der Waals surface area contributed by atoms with Crippen LogP contribution in [0.15, 0.2) is 0 Å². The van der Waals surface area contributed by atoms with Crippen LogP contribution in [-0.4, -0.2) is 18.2 Å². The van der Waals surface area contributed by atoms with E-state index in [2.05, 4.69) is 6.92 Å². The summed E-state index contributed by atoms with van der Waals surface area (Å²) in [6.07, 6.45) is 2.40. The fourth-order valence-corrected chi connectivity index (χ4v) is 2.08. The predicted molar refractivity (Wildman–Crippen MR) is 54.5 cm³/mol. The van der Waals surface area contributed by atoms with Crippen molar-refractivity contribution in [2.45, 2.75) is 19.8 Å². The van der Waals surface area contributed by atoms with E-state index in [9.17, 15) is 0 Å². The molecule has 0 N–H and O–H groups in total. The van der Waals surface area contributed by atoms with Crippen LogP contribution in [0.4, 0.5) is 0 Å². The second kappa shape index (κ2) is 4.67. The third-order valence-electron chi connectivity index (χ3n) is 1.92. The van der Waals surface area contributed by atoms with Crippen molar-refractivity contribution in [3.63, 3.8) is 0 Å². The van der Waals surface area contributed by atoms with Crippen LogP contribution < -0.4 is 0 Å². The number of nitrogens with zero attached hydrogens (tertiary/aromatic N) is 1. The molecule has 1 heterocycles. The highest BCUT2D eigenvalue weighted by Crippen LogP contribution is 2.15. The van der Waals surface area contributed by atoms with Gasteiger partial charge >= 0.3 is 0 Å². The second-order valence-corrected chi connectivity index (χ2v) is 6.21. The minimum absolute atomic E-state index is 0.830.